The Morgan fingerprint density at radius 1 is 1.12 bits per heavy atom. The zero-order valence-electron chi connectivity index (χ0n) is 18.3. The van der Waals surface area contributed by atoms with Crippen molar-refractivity contribution in [2.24, 2.45) is 5.92 Å². The van der Waals surface area contributed by atoms with Crippen LogP contribution >= 0.6 is 11.8 Å². The Labute approximate surface area is 193 Å². The van der Waals surface area contributed by atoms with Gasteiger partial charge in [0.05, 0.1) is 12.5 Å². The average Bonchev–Trinajstić information content (AvgIpc) is 3.31. The highest BCUT2D eigenvalue weighted by molar-refractivity contribution is 7.98. The molecule has 0 spiro atoms. The van der Waals surface area contributed by atoms with E-state index in [-0.39, 0.29) is 11.8 Å². The Kier molecular flexibility index (Phi) is 8.34. The Morgan fingerprint density at radius 2 is 1.91 bits per heavy atom. The van der Waals surface area contributed by atoms with E-state index in [4.69, 9.17) is 4.52 Å². The van der Waals surface area contributed by atoms with E-state index in [1.54, 1.807) is 0 Å². The Morgan fingerprint density at radius 3 is 2.72 bits per heavy atom. The van der Waals surface area contributed by atoms with Crippen LogP contribution in [0.2, 0.25) is 0 Å². The summed E-state index contributed by atoms with van der Waals surface area (Å²) in [7, 11) is 0. The second kappa shape index (κ2) is 11.8. The molecule has 3 aromatic rings. The molecule has 7 heteroatoms. The summed E-state index contributed by atoms with van der Waals surface area (Å²) in [4.78, 5) is 19.4. The SMILES string of the molecule is O=C(NCCCSCc1ccccc1)C1CCCN(Cc2nc(-c3ccccc3)no2)C1. The standard InChI is InChI=1S/C25H30N4O2S/c30-25(26-14-8-16-32-19-20-9-3-1-4-10-20)22-13-7-15-29(17-22)18-23-27-24(28-31-23)21-11-5-2-6-12-21/h1-6,9-12,22H,7-8,13-19H2,(H,26,30). The van der Waals surface area contributed by atoms with Gasteiger partial charge in [-0.05, 0) is 37.1 Å². The third-order valence-electron chi connectivity index (χ3n) is 5.61. The first-order valence-corrected chi connectivity index (χ1v) is 12.4. The molecule has 1 N–H and O–H groups in total. The van der Waals surface area contributed by atoms with Crippen molar-refractivity contribution in [2.75, 3.05) is 25.4 Å². The number of piperidine rings is 1. The van der Waals surface area contributed by atoms with Gasteiger partial charge in [0.15, 0.2) is 0 Å². The summed E-state index contributed by atoms with van der Waals surface area (Å²) < 4.78 is 5.45. The molecule has 2 aromatic carbocycles. The lowest BCUT2D eigenvalue weighted by atomic mass is 9.97. The molecule has 1 saturated heterocycles. The van der Waals surface area contributed by atoms with Crippen LogP contribution in [0.3, 0.4) is 0 Å². The van der Waals surface area contributed by atoms with Crippen LogP contribution < -0.4 is 5.32 Å². The van der Waals surface area contributed by atoms with E-state index in [2.05, 4.69) is 44.6 Å². The Balaban J connectivity index is 1.16. The number of benzene rings is 2. The maximum Gasteiger partial charge on any atom is 0.241 e. The lowest BCUT2D eigenvalue weighted by Gasteiger charge is -2.30. The van der Waals surface area contributed by atoms with E-state index in [0.717, 1.165) is 56.0 Å². The van der Waals surface area contributed by atoms with Crippen LogP contribution in [0, 0.1) is 5.92 Å². The van der Waals surface area contributed by atoms with Crippen molar-refractivity contribution in [3.05, 3.63) is 72.1 Å². The number of amides is 1. The van der Waals surface area contributed by atoms with E-state index < -0.39 is 0 Å². The molecule has 168 valence electrons. The van der Waals surface area contributed by atoms with Gasteiger partial charge in [0.2, 0.25) is 17.6 Å². The molecule has 0 aliphatic carbocycles. The van der Waals surface area contributed by atoms with Crippen LogP contribution in [0.4, 0.5) is 0 Å². The topological polar surface area (TPSA) is 71.3 Å². The molecule has 6 nitrogen and oxygen atoms in total. The van der Waals surface area contributed by atoms with Gasteiger partial charge < -0.3 is 9.84 Å². The summed E-state index contributed by atoms with van der Waals surface area (Å²) in [5.41, 5.74) is 2.29. The number of hydrogen-bond acceptors (Lipinski definition) is 6. The lowest BCUT2D eigenvalue weighted by Crippen LogP contribution is -2.43. The zero-order valence-corrected chi connectivity index (χ0v) is 19.1. The van der Waals surface area contributed by atoms with Crippen LogP contribution in [0.15, 0.2) is 65.2 Å². The van der Waals surface area contributed by atoms with E-state index in [9.17, 15) is 4.79 Å². The second-order valence-corrected chi connectivity index (χ2v) is 9.24. The fraction of sp³-hybridized carbons (Fsp3) is 0.400. The van der Waals surface area contributed by atoms with Crippen molar-refractivity contribution in [3.8, 4) is 11.4 Å². The van der Waals surface area contributed by atoms with Gasteiger partial charge in [-0.1, -0.05) is 65.8 Å². The molecule has 0 radical (unpaired) electrons. The van der Waals surface area contributed by atoms with Gasteiger partial charge in [-0.3, -0.25) is 9.69 Å². The molecule has 1 aromatic heterocycles. The molecule has 0 bridgehead atoms. The monoisotopic (exact) mass is 450 g/mol. The van der Waals surface area contributed by atoms with E-state index in [0.29, 0.717) is 18.3 Å². The summed E-state index contributed by atoms with van der Waals surface area (Å²) in [5, 5.41) is 7.23. The van der Waals surface area contributed by atoms with Gasteiger partial charge in [0.25, 0.3) is 0 Å². The Bertz CT molecular complexity index is 964. The van der Waals surface area contributed by atoms with Gasteiger partial charge in [-0.15, -0.1) is 0 Å². The molecule has 32 heavy (non-hydrogen) atoms. The highest BCUT2D eigenvalue weighted by atomic mass is 32.2. The van der Waals surface area contributed by atoms with Gasteiger partial charge >= 0.3 is 0 Å². The van der Waals surface area contributed by atoms with Crippen LogP contribution in [-0.4, -0.2) is 46.3 Å². The Hall–Kier alpha value is -2.64. The van der Waals surface area contributed by atoms with Gasteiger partial charge in [-0.25, -0.2) is 0 Å². The maximum atomic E-state index is 12.6. The lowest BCUT2D eigenvalue weighted by molar-refractivity contribution is -0.126. The quantitative estimate of drug-likeness (QED) is 0.462. The normalized spacial score (nSPS) is 16.7. The minimum atomic E-state index is 0.0252. The average molecular weight is 451 g/mol. The van der Waals surface area contributed by atoms with Gasteiger partial charge in [0, 0.05) is 24.4 Å². The molecular formula is C25H30N4O2S. The van der Waals surface area contributed by atoms with Crippen molar-refractivity contribution in [1.29, 1.82) is 0 Å². The number of nitrogens with zero attached hydrogens (tertiary/aromatic N) is 3. The number of likely N-dealkylation sites (tertiary alicyclic amines) is 1. The van der Waals surface area contributed by atoms with Crippen molar-refractivity contribution in [1.82, 2.24) is 20.4 Å². The van der Waals surface area contributed by atoms with Gasteiger partial charge in [0.1, 0.15) is 0 Å². The van der Waals surface area contributed by atoms with Crippen molar-refractivity contribution in [2.45, 2.75) is 31.6 Å². The number of rotatable bonds is 10. The largest absolute Gasteiger partial charge is 0.356 e. The first kappa shape index (κ1) is 22.6. The number of hydrogen-bond donors (Lipinski definition) is 1. The summed E-state index contributed by atoms with van der Waals surface area (Å²) in [6.07, 6.45) is 2.93. The molecule has 1 aliphatic heterocycles. The van der Waals surface area contributed by atoms with Crippen LogP contribution in [0.25, 0.3) is 11.4 Å². The van der Waals surface area contributed by atoms with E-state index >= 15 is 0 Å². The molecular weight excluding hydrogens is 420 g/mol. The molecule has 4 rings (SSSR count). The van der Waals surface area contributed by atoms with Crippen LogP contribution in [-0.2, 0) is 17.1 Å². The number of thioether (sulfide) groups is 1. The molecule has 1 fully saturated rings. The summed E-state index contributed by atoms with van der Waals surface area (Å²) in [6.45, 7) is 3.00. The van der Waals surface area contributed by atoms with Crippen molar-refractivity contribution in [3.63, 3.8) is 0 Å². The maximum absolute atomic E-state index is 12.6. The van der Waals surface area contributed by atoms with Crippen LogP contribution in [0.1, 0.15) is 30.7 Å². The van der Waals surface area contributed by atoms with Crippen molar-refractivity contribution >= 4 is 17.7 Å². The smallest absolute Gasteiger partial charge is 0.241 e. The highest BCUT2D eigenvalue weighted by Crippen LogP contribution is 2.20. The molecule has 1 aliphatic rings. The first-order chi connectivity index (χ1) is 15.8. The summed E-state index contributed by atoms with van der Waals surface area (Å²) >= 11 is 1.91. The summed E-state index contributed by atoms with van der Waals surface area (Å²) in [6, 6.07) is 20.3. The molecule has 1 amide bonds. The predicted molar refractivity (Wildman–Crippen MR) is 128 cm³/mol. The molecule has 0 saturated carbocycles. The number of nitrogens with one attached hydrogen (secondary N) is 1. The minimum Gasteiger partial charge on any atom is -0.356 e. The van der Waals surface area contributed by atoms with Gasteiger partial charge in [-0.2, -0.15) is 16.7 Å². The first-order valence-electron chi connectivity index (χ1n) is 11.3. The minimum absolute atomic E-state index is 0.0252. The zero-order chi connectivity index (χ0) is 22.0. The number of carbonyl (C=O) groups excluding carboxylic acids is 1. The number of aromatic nitrogens is 2. The van der Waals surface area contributed by atoms with Crippen LogP contribution in [0.5, 0.6) is 0 Å². The van der Waals surface area contributed by atoms with Crippen molar-refractivity contribution < 1.29 is 9.32 Å². The molecule has 2 heterocycles. The molecule has 1 unspecified atom stereocenters. The number of carbonyl (C=O) groups is 1. The predicted octanol–water partition coefficient (Wildman–Crippen LogP) is 4.39. The third kappa shape index (κ3) is 6.68. The fourth-order valence-corrected chi connectivity index (χ4v) is 4.84. The fourth-order valence-electron chi connectivity index (χ4n) is 3.92. The summed E-state index contributed by atoms with van der Waals surface area (Å²) in [5.74, 6) is 3.47. The highest BCUT2D eigenvalue weighted by Gasteiger charge is 2.26. The second-order valence-electron chi connectivity index (χ2n) is 8.13. The van der Waals surface area contributed by atoms with E-state index in [1.807, 2.05) is 48.2 Å². The third-order valence-corrected chi connectivity index (χ3v) is 6.73. The molecule has 1 atom stereocenters. The van der Waals surface area contributed by atoms with E-state index in [1.165, 1.54) is 5.56 Å².